The highest BCUT2D eigenvalue weighted by Crippen LogP contribution is 2.21. The van der Waals surface area contributed by atoms with Gasteiger partial charge >= 0.3 is 0 Å². The first kappa shape index (κ1) is 17.0. The summed E-state index contributed by atoms with van der Waals surface area (Å²) in [6.07, 6.45) is 4.44. The van der Waals surface area contributed by atoms with Gasteiger partial charge < -0.3 is 4.90 Å². The number of nitrogens with one attached hydrogen (secondary N) is 1. The quantitative estimate of drug-likeness (QED) is 0.902. The van der Waals surface area contributed by atoms with Gasteiger partial charge in [0.1, 0.15) is 4.21 Å². The monoisotopic (exact) mass is 364 g/mol. The van der Waals surface area contributed by atoms with Crippen LogP contribution in [-0.2, 0) is 10.0 Å². The molecule has 1 fully saturated rings. The first-order chi connectivity index (χ1) is 11.6. The zero-order valence-corrected chi connectivity index (χ0v) is 14.9. The maximum atomic E-state index is 12.5. The average molecular weight is 364 g/mol. The second kappa shape index (κ2) is 7.36. The van der Waals surface area contributed by atoms with Crippen LogP contribution in [0.4, 0.5) is 5.69 Å². The van der Waals surface area contributed by atoms with E-state index in [-0.39, 0.29) is 10.1 Å². The fourth-order valence-electron chi connectivity index (χ4n) is 2.76. The summed E-state index contributed by atoms with van der Waals surface area (Å²) >= 11 is 1.17. The number of carbonyl (C=O) groups excluding carboxylic acids is 1. The number of thiophene rings is 1. The Morgan fingerprint density at radius 3 is 2.25 bits per heavy atom. The van der Waals surface area contributed by atoms with Crippen LogP contribution < -0.4 is 4.72 Å². The maximum absolute atomic E-state index is 12.5. The zero-order valence-electron chi connectivity index (χ0n) is 13.3. The lowest BCUT2D eigenvalue weighted by Gasteiger charge is -2.20. The van der Waals surface area contributed by atoms with Gasteiger partial charge in [0.15, 0.2) is 0 Å². The Morgan fingerprint density at radius 2 is 1.67 bits per heavy atom. The van der Waals surface area contributed by atoms with Crippen molar-refractivity contribution in [2.45, 2.75) is 29.9 Å². The molecular weight excluding hydrogens is 344 g/mol. The molecular formula is C17H20N2O3S2. The number of anilines is 1. The second-order valence-electron chi connectivity index (χ2n) is 5.82. The molecule has 0 saturated carbocycles. The van der Waals surface area contributed by atoms with Crippen LogP contribution in [0.1, 0.15) is 36.0 Å². The predicted octanol–water partition coefficient (Wildman–Crippen LogP) is 3.57. The molecule has 5 nitrogen and oxygen atoms in total. The molecule has 2 aromatic rings. The molecule has 128 valence electrons. The zero-order chi connectivity index (χ0) is 17.0. The summed E-state index contributed by atoms with van der Waals surface area (Å²) in [5.41, 5.74) is 1.05. The standard InChI is InChI=1S/C17H20N2O3S2/c20-17(19-11-3-1-2-4-12-19)14-7-9-15(10-8-14)18-24(21,22)16-6-5-13-23-16/h5-10,13,18H,1-4,11-12H2. The van der Waals surface area contributed by atoms with Crippen molar-refractivity contribution in [2.75, 3.05) is 17.8 Å². The number of sulfonamides is 1. The Hall–Kier alpha value is -1.86. The van der Waals surface area contributed by atoms with E-state index in [0.717, 1.165) is 25.9 Å². The smallest absolute Gasteiger partial charge is 0.271 e. The lowest BCUT2D eigenvalue weighted by Crippen LogP contribution is -2.31. The minimum atomic E-state index is -3.56. The van der Waals surface area contributed by atoms with E-state index in [0.29, 0.717) is 11.3 Å². The summed E-state index contributed by atoms with van der Waals surface area (Å²) in [5, 5.41) is 1.72. The molecule has 1 aliphatic rings. The highest BCUT2D eigenvalue weighted by molar-refractivity contribution is 7.94. The lowest BCUT2D eigenvalue weighted by molar-refractivity contribution is 0.0761. The highest BCUT2D eigenvalue weighted by atomic mass is 32.2. The van der Waals surface area contributed by atoms with Gasteiger partial charge in [-0.3, -0.25) is 9.52 Å². The summed E-state index contributed by atoms with van der Waals surface area (Å²) in [7, 11) is -3.56. The number of benzene rings is 1. The molecule has 1 saturated heterocycles. The van der Waals surface area contributed by atoms with E-state index in [1.54, 1.807) is 41.8 Å². The van der Waals surface area contributed by atoms with Gasteiger partial charge in [0.25, 0.3) is 15.9 Å². The predicted molar refractivity (Wildman–Crippen MR) is 95.9 cm³/mol. The number of likely N-dealkylation sites (tertiary alicyclic amines) is 1. The molecule has 1 amide bonds. The van der Waals surface area contributed by atoms with Crippen molar-refractivity contribution in [2.24, 2.45) is 0 Å². The van der Waals surface area contributed by atoms with E-state index < -0.39 is 10.0 Å². The summed E-state index contributed by atoms with van der Waals surface area (Å²) in [6.45, 7) is 1.59. The lowest BCUT2D eigenvalue weighted by atomic mass is 10.2. The summed E-state index contributed by atoms with van der Waals surface area (Å²) < 4.78 is 27.2. The maximum Gasteiger partial charge on any atom is 0.271 e. The normalized spacial score (nSPS) is 15.8. The van der Waals surface area contributed by atoms with Crippen LogP contribution in [0, 0.1) is 0 Å². The molecule has 1 aliphatic heterocycles. The summed E-state index contributed by atoms with van der Waals surface area (Å²) in [4.78, 5) is 14.4. The highest BCUT2D eigenvalue weighted by Gasteiger charge is 2.18. The number of hydrogen-bond acceptors (Lipinski definition) is 4. The molecule has 1 aromatic heterocycles. The van der Waals surface area contributed by atoms with E-state index in [9.17, 15) is 13.2 Å². The molecule has 0 unspecified atom stereocenters. The van der Waals surface area contributed by atoms with Crippen LogP contribution in [0.25, 0.3) is 0 Å². The van der Waals surface area contributed by atoms with Crippen molar-refractivity contribution in [1.82, 2.24) is 4.90 Å². The third-order valence-electron chi connectivity index (χ3n) is 4.04. The molecule has 0 atom stereocenters. The summed E-state index contributed by atoms with van der Waals surface area (Å²) in [5.74, 6) is 0.0181. The Morgan fingerprint density at radius 1 is 1.00 bits per heavy atom. The number of rotatable bonds is 4. The first-order valence-corrected chi connectivity index (χ1v) is 10.4. The van der Waals surface area contributed by atoms with Gasteiger partial charge in [0.05, 0.1) is 0 Å². The van der Waals surface area contributed by atoms with Gasteiger partial charge in [-0.15, -0.1) is 11.3 Å². The second-order valence-corrected chi connectivity index (χ2v) is 8.68. The molecule has 7 heteroatoms. The van der Waals surface area contributed by atoms with E-state index in [4.69, 9.17) is 0 Å². The minimum absolute atomic E-state index is 0.0181. The van der Waals surface area contributed by atoms with E-state index in [1.165, 1.54) is 24.2 Å². The molecule has 2 heterocycles. The molecule has 1 N–H and O–H groups in total. The molecule has 24 heavy (non-hydrogen) atoms. The Labute approximate surface area is 146 Å². The third kappa shape index (κ3) is 3.96. The van der Waals surface area contributed by atoms with Crippen molar-refractivity contribution in [3.8, 4) is 0 Å². The van der Waals surface area contributed by atoms with Crippen LogP contribution in [0.15, 0.2) is 46.0 Å². The van der Waals surface area contributed by atoms with Crippen molar-refractivity contribution >= 4 is 33.0 Å². The largest absolute Gasteiger partial charge is 0.339 e. The van der Waals surface area contributed by atoms with Crippen LogP contribution >= 0.6 is 11.3 Å². The van der Waals surface area contributed by atoms with Crippen LogP contribution in [0.5, 0.6) is 0 Å². The van der Waals surface area contributed by atoms with E-state index in [2.05, 4.69) is 4.72 Å². The van der Waals surface area contributed by atoms with Crippen LogP contribution in [-0.4, -0.2) is 32.3 Å². The van der Waals surface area contributed by atoms with Gasteiger partial charge in [-0.2, -0.15) is 0 Å². The van der Waals surface area contributed by atoms with Crippen molar-refractivity contribution in [1.29, 1.82) is 0 Å². The van der Waals surface area contributed by atoms with Crippen molar-refractivity contribution < 1.29 is 13.2 Å². The van der Waals surface area contributed by atoms with Gasteiger partial charge in [-0.25, -0.2) is 8.42 Å². The van der Waals surface area contributed by atoms with Crippen LogP contribution in [0.2, 0.25) is 0 Å². The summed E-state index contributed by atoms with van der Waals surface area (Å²) in [6, 6.07) is 9.89. The third-order valence-corrected chi connectivity index (χ3v) is 6.82. The van der Waals surface area contributed by atoms with Crippen molar-refractivity contribution in [3.63, 3.8) is 0 Å². The van der Waals surface area contributed by atoms with Gasteiger partial charge in [-0.05, 0) is 48.6 Å². The van der Waals surface area contributed by atoms with Gasteiger partial charge in [-0.1, -0.05) is 18.9 Å². The number of amides is 1. The fraction of sp³-hybridized carbons (Fsp3) is 0.353. The molecule has 0 bridgehead atoms. The molecule has 3 rings (SSSR count). The molecule has 0 spiro atoms. The Bertz CT molecular complexity index is 776. The first-order valence-electron chi connectivity index (χ1n) is 8.02. The molecule has 0 aliphatic carbocycles. The number of hydrogen-bond donors (Lipinski definition) is 1. The van der Waals surface area contributed by atoms with Gasteiger partial charge in [0, 0.05) is 24.3 Å². The van der Waals surface area contributed by atoms with Gasteiger partial charge in [0.2, 0.25) is 0 Å². The number of nitrogens with zero attached hydrogens (tertiary/aromatic N) is 1. The van der Waals surface area contributed by atoms with E-state index >= 15 is 0 Å². The van der Waals surface area contributed by atoms with E-state index in [1.807, 2.05) is 4.90 Å². The Balaban J connectivity index is 1.70. The fourth-order valence-corrected chi connectivity index (χ4v) is 4.81. The number of carbonyl (C=O) groups is 1. The minimum Gasteiger partial charge on any atom is -0.339 e. The van der Waals surface area contributed by atoms with Crippen LogP contribution in [0.3, 0.4) is 0 Å². The van der Waals surface area contributed by atoms with Crippen molar-refractivity contribution in [3.05, 3.63) is 47.3 Å². The Kier molecular flexibility index (Phi) is 5.20. The average Bonchev–Trinajstić information content (AvgIpc) is 2.99. The topological polar surface area (TPSA) is 66.5 Å². The molecule has 1 aromatic carbocycles. The molecule has 0 radical (unpaired) electrons. The SMILES string of the molecule is O=C(c1ccc(NS(=O)(=O)c2cccs2)cc1)N1CCCCCC1.